The first-order valence-electron chi connectivity index (χ1n) is 7.58. The number of hydrogen-bond donors (Lipinski definition) is 0. The molecule has 1 aromatic heterocycles. The van der Waals surface area contributed by atoms with Crippen LogP contribution in [0.15, 0.2) is 16.4 Å². The number of piperidine rings is 1. The maximum Gasteiger partial charge on any atom is 0.397 e. The summed E-state index contributed by atoms with van der Waals surface area (Å²) in [5.41, 5.74) is 0. The van der Waals surface area contributed by atoms with Crippen LogP contribution >= 0.6 is 0 Å². The Labute approximate surface area is 135 Å². The first kappa shape index (κ1) is 16.6. The van der Waals surface area contributed by atoms with Crippen molar-refractivity contribution in [1.29, 1.82) is 0 Å². The van der Waals surface area contributed by atoms with Gasteiger partial charge in [-0.05, 0) is 19.3 Å². The second-order valence-corrected chi connectivity index (χ2v) is 5.54. The highest BCUT2D eigenvalue weighted by Gasteiger charge is 2.36. The van der Waals surface area contributed by atoms with Gasteiger partial charge in [-0.25, -0.2) is 0 Å². The molecule has 24 heavy (non-hydrogen) atoms. The minimum atomic E-state index is -4.43. The maximum absolute atomic E-state index is 12.6. The van der Waals surface area contributed by atoms with Gasteiger partial charge >= 0.3 is 6.18 Å². The Kier molecular flexibility index (Phi) is 4.63. The third-order valence-electron chi connectivity index (χ3n) is 3.74. The van der Waals surface area contributed by atoms with E-state index < -0.39 is 30.4 Å². The average Bonchev–Trinajstić information content (AvgIpc) is 3.01. The highest BCUT2D eigenvalue weighted by Crippen LogP contribution is 2.32. The molecule has 1 saturated heterocycles. The highest BCUT2D eigenvalue weighted by molar-refractivity contribution is 5.91. The summed E-state index contributed by atoms with van der Waals surface area (Å²) in [6.45, 7) is 1.07. The Morgan fingerprint density at radius 1 is 1.29 bits per heavy atom. The molecule has 0 saturated carbocycles. The molecular weight excluding hydrogens is 331 g/mol. The minimum Gasteiger partial charge on any atom is -0.494 e. The number of likely N-dealkylation sites (tertiary alicyclic amines) is 1. The summed E-state index contributed by atoms with van der Waals surface area (Å²) in [7, 11) is 0. The second kappa shape index (κ2) is 6.70. The van der Waals surface area contributed by atoms with E-state index in [-0.39, 0.29) is 18.3 Å². The molecule has 7 nitrogen and oxygen atoms in total. The van der Waals surface area contributed by atoms with Crippen LogP contribution in [0.25, 0.3) is 0 Å². The molecule has 1 fully saturated rings. The van der Waals surface area contributed by atoms with E-state index in [0.29, 0.717) is 19.6 Å². The van der Waals surface area contributed by atoms with E-state index in [1.165, 1.54) is 11.2 Å². The van der Waals surface area contributed by atoms with Gasteiger partial charge in [-0.3, -0.25) is 4.79 Å². The second-order valence-electron chi connectivity index (χ2n) is 5.54. The Morgan fingerprint density at radius 2 is 2.12 bits per heavy atom. The highest BCUT2D eigenvalue weighted by atomic mass is 19.4. The number of ether oxygens (including phenoxy) is 2. The smallest absolute Gasteiger partial charge is 0.397 e. The lowest BCUT2D eigenvalue weighted by atomic mass is 10.0. The van der Waals surface area contributed by atoms with Crippen LogP contribution in [-0.4, -0.2) is 46.9 Å². The van der Waals surface area contributed by atoms with Gasteiger partial charge < -0.3 is 18.8 Å². The van der Waals surface area contributed by atoms with E-state index in [4.69, 9.17) is 13.9 Å². The molecule has 0 unspecified atom stereocenters. The summed E-state index contributed by atoms with van der Waals surface area (Å²) >= 11 is 0. The van der Waals surface area contributed by atoms with E-state index in [1.54, 1.807) is 0 Å². The fourth-order valence-electron chi connectivity index (χ4n) is 2.70. The molecule has 0 aliphatic carbocycles. The summed E-state index contributed by atoms with van der Waals surface area (Å²) in [5, 5.41) is 7.14. The molecule has 0 aromatic carbocycles. The Balaban J connectivity index is 1.77. The third-order valence-corrected chi connectivity index (χ3v) is 3.74. The molecular formula is C14H16F3N3O4. The van der Waals surface area contributed by atoms with Crippen LogP contribution in [0.1, 0.15) is 37.1 Å². The molecule has 0 N–H and O–H groups in total. The first-order chi connectivity index (χ1) is 11.4. The van der Waals surface area contributed by atoms with Crippen molar-refractivity contribution in [2.45, 2.75) is 37.9 Å². The van der Waals surface area contributed by atoms with Gasteiger partial charge in [-0.2, -0.15) is 13.2 Å². The standard InChI is InChI=1S/C14H16F3N3O4/c15-14(16,17)7-11-18-19-12(24-11)9-3-1-2-4-20(9)13(21)10-8-22-5-6-23-10/h8-9H,1-7H2/t9-/m1/s1. The molecule has 1 amide bonds. The molecule has 0 radical (unpaired) electrons. The molecule has 10 heteroatoms. The lowest BCUT2D eigenvalue weighted by Crippen LogP contribution is -2.40. The van der Waals surface area contributed by atoms with Crippen LogP contribution in [-0.2, 0) is 20.7 Å². The molecule has 3 rings (SSSR count). The maximum atomic E-state index is 12.6. The number of rotatable bonds is 3. The summed E-state index contributed by atoms with van der Waals surface area (Å²) in [6.07, 6.45) is -2.34. The molecule has 3 heterocycles. The fourth-order valence-corrected chi connectivity index (χ4v) is 2.70. The van der Waals surface area contributed by atoms with Crippen molar-refractivity contribution in [1.82, 2.24) is 15.1 Å². The van der Waals surface area contributed by atoms with Gasteiger partial charge in [0.15, 0.2) is 0 Å². The number of carbonyl (C=O) groups is 1. The van der Waals surface area contributed by atoms with Crippen LogP contribution < -0.4 is 0 Å². The third kappa shape index (κ3) is 3.80. The van der Waals surface area contributed by atoms with E-state index in [0.717, 1.165) is 12.8 Å². The topological polar surface area (TPSA) is 77.7 Å². The molecule has 0 spiro atoms. The van der Waals surface area contributed by atoms with Gasteiger partial charge in [-0.15, -0.1) is 10.2 Å². The van der Waals surface area contributed by atoms with Crippen molar-refractivity contribution in [3.63, 3.8) is 0 Å². The zero-order valence-electron chi connectivity index (χ0n) is 12.7. The number of carbonyl (C=O) groups excluding carboxylic acids is 1. The molecule has 1 atom stereocenters. The van der Waals surface area contributed by atoms with Crippen LogP contribution in [0.5, 0.6) is 0 Å². The van der Waals surface area contributed by atoms with Crippen molar-refractivity contribution in [2.24, 2.45) is 0 Å². The van der Waals surface area contributed by atoms with Crippen molar-refractivity contribution >= 4 is 5.91 Å². The monoisotopic (exact) mass is 347 g/mol. The van der Waals surface area contributed by atoms with Crippen LogP contribution in [0.2, 0.25) is 0 Å². The van der Waals surface area contributed by atoms with Crippen LogP contribution in [0.4, 0.5) is 13.2 Å². The number of alkyl halides is 3. The predicted molar refractivity (Wildman–Crippen MR) is 72.3 cm³/mol. The normalized spacial score (nSPS) is 21.7. The Morgan fingerprint density at radius 3 is 2.83 bits per heavy atom. The average molecular weight is 347 g/mol. The number of hydrogen-bond acceptors (Lipinski definition) is 6. The summed E-state index contributed by atoms with van der Waals surface area (Å²) < 4.78 is 52.7. The molecule has 2 aliphatic heterocycles. The predicted octanol–water partition coefficient (Wildman–Crippen LogP) is 2.12. The molecule has 0 bridgehead atoms. The number of aromatic nitrogens is 2. The Bertz CT molecular complexity index is 629. The van der Waals surface area contributed by atoms with Gasteiger partial charge in [0.25, 0.3) is 5.91 Å². The molecule has 1 aromatic rings. The van der Waals surface area contributed by atoms with Crippen LogP contribution in [0.3, 0.4) is 0 Å². The van der Waals surface area contributed by atoms with Gasteiger partial charge in [0.1, 0.15) is 31.9 Å². The SMILES string of the molecule is O=C(C1=COCCO1)N1CCCC[C@@H]1c1nnc(CC(F)(F)F)o1. The first-order valence-corrected chi connectivity index (χ1v) is 7.58. The lowest BCUT2D eigenvalue weighted by Gasteiger charge is -2.34. The van der Waals surface area contributed by atoms with Crippen molar-refractivity contribution in [3.8, 4) is 0 Å². The van der Waals surface area contributed by atoms with Crippen molar-refractivity contribution in [3.05, 3.63) is 23.8 Å². The zero-order chi connectivity index (χ0) is 17.2. The van der Waals surface area contributed by atoms with E-state index >= 15 is 0 Å². The number of amides is 1. The quantitative estimate of drug-likeness (QED) is 0.833. The minimum absolute atomic E-state index is 0.0135. The van der Waals surface area contributed by atoms with Gasteiger partial charge in [0, 0.05) is 6.54 Å². The summed E-state index contributed by atoms with van der Waals surface area (Å²) in [4.78, 5) is 14.0. The number of nitrogens with zero attached hydrogens (tertiary/aromatic N) is 3. The van der Waals surface area contributed by atoms with E-state index in [1.807, 2.05) is 0 Å². The zero-order valence-corrected chi connectivity index (χ0v) is 12.7. The van der Waals surface area contributed by atoms with E-state index in [9.17, 15) is 18.0 Å². The van der Waals surface area contributed by atoms with Gasteiger partial charge in [0.2, 0.25) is 17.5 Å². The Hall–Kier alpha value is -2.26. The van der Waals surface area contributed by atoms with Crippen LogP contribution in [0, 0.1) is 0 Å². The lowest BCUT2D eigenvalue weighted by molar-refractivity contribution is -0.137. The molecule has 2 aliphatic rings. The van der Waals surface area contributed by atoms with Gasteiger partial charge in [0.05, 0.1) is 0 Å². The number of halogens is 3. The van der Waals surface area contributed by atoms with E-state index in [2.05, 4.69) is 10.2 Å². The van der Waals surface area contributed by atoms with Crippen molar-refractivity contribution < 1.29 is 31.9 Å². The van der Waals surface area contributed by atoms with Gasteiger partial charge in [-0.1, -0.05) is 0 Å². The summed E-state index contributed by atoms with van der Waals surface area (Å²) in [5.74, 6) is -0.815. The summed E-state index contributed by atoms with van der Waals surface area (Å²) in [6, 6.07) is -0.563. The fraction of sp³-hybridized carbons (Fsp3) is 0.643. The van der Waals surface area contributed by atoms with Crippen molar-refractivity contribution in [2.75, 3.05) is 19.8 Å². The largest absolute Gasteiger partial charge is 0.494 e. The molecule has 132 valence electrons.